The molecule has 1 radical (unpaired) electrons. The minimum absolute atomic E-state index is 0.0369. The lowest BCUT2D eigenvalue weighted by molar-refractivity contribution is -0.353. The Morgan fingerprint density at radius 2 is 1.34 bits per heavy atom. The highest BCUT2D eigenvalue weighted by Gasteiger charge is 2.54. The highest BCUT2D eigenvalue weighted by Crippen LogP contribution is 2.32. The van der Waals surface area contributed by atoms with Crippen molar-refractivity contribution in [2.24, 2.45) is 5.73 Å². The minimum Gasteiger partial charge on any atom is -0.462 e. The van der Waals surface area contributed by atoms with Gasteiger partial charge in [-0.15, -0.1) is 11.3 Å². The number of rotatable bonds is 29. The van der Waals surface area contributed by atoms with Gasteiger partial charge in [0.25, 0.3) is 0 Å². The summed E-state index contributed by atoms with van der Waals surface area (Å²) in [6.07, 6.45) is -29.5. The van der Waals surface area contributed by atoms with Crippen LogP contribution >= 0.6 is 11.3 Å². The Bertz CT molecular complexity index is 2970. The maximum Gasteiger partial charge on any atom is 0.246 e. The van der Waals surface area contributed by atoms with Crippen LogP contribution in [0.15, 0.2) is 72.1 Å². The predicted octanol–water partition coefficient (Wildman–Crippen LogP) is -10.1. The number of nitrogens with one attached hydrogen (secondary N) is 9. The van der Waals surface area contributed by atoms with E-state index in [0.717, 1.165) is 9.78 Å². The lowest BCUT2D eigenvalue weighted by Gasteiger charge is -2.46. The van der Waals surface area contributed by atoms with Crippen molar-refractivity contribution in [2.75, 3.05) is 39.5 Å². The van der Waals surface area contributed by atoms with Crippen molar-refractivity contribution in [2.45, 2.75) is 172 Å². The number of nitrogens with two attached hydrogens (primary N) is 1. The molecule has 20 unspecified atom stereocenters. The van der Waals surface area contributed by atoms with E-state index in [9.17, 15) is 90.4 Å². The third-order valence-electron chi connectivity index (χ3n) is 16.7. The molecule has 35 nitrogen and oxygen atoms in total. The first kappa shape index (κ1) is 72.1. The molecule has 8 rings (SSSR count). The SMILES string of the molecule is CC(c1ccccc1)[C@H](N)C(=O)N[C@@H](Cc1ccc(OC2OC(CO)C(OC3OC(COCc4cccs4)C(O)C(O)C3O)C(O)C2O)cc1)C(=O)N[C@H](C(=O)N[C@H](C(=O)N[C@H]([C]=O)CO)C(O)C1CNC(=N)N1C1OC(CO)C(O)C(O)C1O)C(O)C1CNC(=N)N1. The Morgan fingerprint density at radius 3 is 1.98 bits per heavy atom. The molecule has 3 aromatic rings. The highest BCUT2D eigenvalue weighted by atomic mass is 32.1. The predicted molar refractivity (Wildman–Crippen MR) is 317 cm³/mol. The second-order valence-electron chi connectivity index (χ2n) is 22.9. The topological polar surface area (TPSA) is 565 Å². The first-order valence-electron chi connectivity index (χ1n) is 29.6. The molecule has 4 amide bonds. The second-order valence-corrected chi connectivity index (χ2v) is 23.9. The van der Waals surface area contributed by atoms with Gasteiger partial charge in [-0.1, -0.05) is 55.5 Å². The number of ether oxygens (including phenoxy) is 6. The molecule has 93 heavy (non-hydrogen) atoms. The Hall–Kier alpha value is -6.73. The monoisotopic (exact) mass is 1330 g/mol. The van der Waals surface area contributed by atoms with Crippen LogP contribution in [0.4, 0.5) is 0 Å². The number of aliphatic hydroxyl groups is 13. The summed E-state index contributed by atoms with van der Waals surface area (Å²) in [6, 6.07) is 5.58. The molecular weight excluding hydrogens is 1250 g/mol. The Labute approximate surface area is 534 Å². The largest absolute Gasteiger partial charge is 0.462 e. The van der Waals surface area contributed by atoms with Crippen LogP contribution in [-0.4, -0.2) is 299 Å². The maximum atomic E-state index is 14.9. The minimum atomic E-state index is -2.29. The van der Waals surface area contributed by atoms with Crippen molar-refractivity contribution in [3.05, 3.63) is 88.1 Å². The van der Waals surface area contributed by atoms with Crippen molar-refractivity contribution in [3.8, 4) is 5.75 Å². The average molecular weight is 1340 g/mol. The molecule has 0 bridgehead atoms. The average Bonchev–Trinajstić information content (AvgIpc) is 1.78. The van der Waals surface area contributed by atoms with E-state index in [1.807, 2.05) is 17.5 Å². The first-order valence-corrected chi connectivity index (χ1v) is 30.5. The molecule has 5 saturated heterocycles. The smallest absolute Gasteiger partial charge is 0.246 e. The Morgan fingerprint density at radius 1 is 0.710 bits per heavy atom. The summed E-state index contributed by atoms with van der Waals surface area (Å²) in [6.45, 7) is -1.93. The van der Waals surface area contributed by atoms with Crippen LogP contribution in [0.1, 0.15) is 28.8 Å². The standard InChI is InChI=1S/C57H80N11O24S/c1-23(25-6-3-2-4-7-25)35(58)50(84)64-29(14-24-9-11-27(12-10-24)88-54-47(82)44(79)48(33(20-72)90-54)92-55-46(81)43(78)41(76)34(91-55)22-87-21-28-8-5-13-93-28)49(83)66-36(38(73)30-15-61-56(59)65-30)52(86)67-37(51(85)63-26(17-69)18-70)39(74)31-16-62-57(60)68(31)53-45(80)42(77)40(75)32(19-71)89-53/h2-13,23,26,29-48,53-55,69,71-82H,14-17,19-22,58H2,1H3,(H2,60,62)(H,63,85)(H,64,84)(H,66,83)(H,67,86)(H3,59,61,65)/t23?,26-,29-,30?,31?,32?,33?,34?,35-,36-,37-,38?,39?,40?,41?,42?,43?,44?,45?,46?,47?,48?,53?,54?,55?/m0/s1. The summed E-state index contributed by atoms with van der Waals surface area (Å²) < 4.78 is 34.6. The molecule has 2 aromatic carbocycles. The van der Waals surface area contributed by atoms with E-state index in [0.29, 0.717) is 5.56 Å². The fourth-order valence-electron chi connectivity index (χ4n) is 11.2. The molecule has 24 N–H and O–H groups in total. The van der Waals surface area contributed by atoms with Crippen molar-refractivity contribution in [3.63, 3.8) is 0 Å². The molecule has 5 aliphatic rings. The fraction of sp³-hybridized carbons (Fsp3) is 0.596. The van der Waals surface area contributed by atoms with Gasteiger partial charge in [0.15, 0.2) is 24.4 Å². The van der Waals surface area contributed by atoms with Crippen molar-refractivity contribution >= 4 is 53.2 Å². The first-order chi connectivity index (χ1) is 44.4. The van der Waals surface area contributed by atoms with E-state index in [1.165, 1.54) is 41.9 Å². The number of thiophene rings is 1. The Kier molecular flexibility index (Phi) is 25.3. The van der Waals surface area contributed by atoms with Gasteiger partial charge in [-0.2, -0.15) is 0 Å². The third kappa shape index (κ3) is 17.0. The van der Waals surface area contributed by atoms with Crippen molar-refractivity contribution in [1.82, 2.24) is 42.1 Å². The van der Waals surface area contributed by atoms with Crippen LogP contribution in [0.25, 0.3) is 0 Å². The van der Waals surface area contributed by atoms with E-state index in [-0.39, 0.29) is 37.0 Å². The number of guanidine groups is 2. The zero-order valence-corrected chi connectivity index (χ0v) is 50.6. The van der Waals surface area contributed by atoms with Crippen LogP contribution in [0, 0.1) is 10.8 Å². The van der Waals surface area contributed by atoms with E-state index >= 15 is 0 Å². The number of nitrogens with zero attached hydrogens (tertiary/aromatic N) is 1. The fourth-order valence-corrected chi connectivity index (χ4v) is 11.8. The van der Waals surface area contributed by atoms with E-state index in [2.05, 4.69) is 37.2 Å². The lowest BCUT2D eigenvalue weighted by Crippen LogP contribution is -2.69. The van der Waals surface area contributed by atoms with Crippen LogP contribution in [0.3, 0.4) is 0 Å². The van der Waals surface area contributed by atoms with Gasteiger partial charge < -0.3 is 143 Å². The number of carbonyl (C=O) groups excluding carboxylic acids is 5. The molecule has 0 spiro atoms. The van der Waals surface area contributed by atoms with Crippen LogP contribution in [0.2, 0.25) is 0 Å². The normalized spacial score (nSPS) is 32.2. The van der Waals surface area contributed by atoms with Gasteiger partial charge in [0, 0.05) is 30.3 Å². The second kappa shape index (κ2) is 32.6. The van der Waals surface area contributed by atoms with Gasteiger partial charge >= 0.3 is 0 Å². The van der Waals surface area contributed by atoms with E-state index < -0.39 is 215 Å². The van der Waals surface area contributed by atoms with E-state index in [1.54, 1.807) is 37.3 Å². The maximum absolute atomic E-state index is 14.9. The summed E-state index contributed by atoms with van der Waals surface area (Å²) in [5.41, 5.74) is 7.41. The van der Waals surface area contributed by atoms with Gasteiger partial charge in [-0.25, -0.2) is 0 Å². The van der Waals surface area contributed by atoms with Crippen molar-refractivity contribution < 1.29 is 119 Å². The molecule has 0 saturated carbocycles. The zero-order chi connectivity index (χ0) is 67.5. The summed E-state index contributed by atoms with van der Waals surface area (Å²) in [5, 5.41) is 177. The number of carbonyl (C=O) groups is 4. The lowest BCUT2D eigenvalue weighted by atomic mass is 9.93. The van der Waals surface area contributed by atoms with Gasteiger partial charge in [-0.05, 0) is 34.7 Å². The van der Waals surface area contributed by atoms with Crippen LogP contribution < -0.4 is 47.7 Å². The molecule has 5 fully saturated rings. The Balaban J connectivity index is 1.02. The number of hydrogen-bond acceptors (Lipinski definition) is 28. The third-order valence-corrected chi connectivity index (χ3v) is 17.5. The highest BCUT2D eigenvalue weighted by molar-refractivity contribution is 7.09. The van der Waals surface area contributed by atoms with Crippen molar-refractivity contribution in [1.29, 1.82) is 10.8 Å². The molecule has 1 aromatic heterocycles. The summed E-state index contributed by atoms with van der Waals surface area (Å²) in [5.74, 6) is -6.50. The number of benzene rings is 2. The van der Waals surface area contributed by atoms with E-state index in [4.69, 9.17) is 45.0 Å². The van der Waals surface area contributed by atoms with Gasteiger partial charge in [0.05, 0.1) is 51.2 Å². The summed E-state index contributed by atoms with van der Waals surface area (Å²) >= 11 is 1.42. The molecular formula is C57H80N11O24S. The number of amides is 4. The molecule has 36 heteroatoms. The quantitative estimate of drug-likeness (QED) is 0.0307. The zero-order valence-electron chi connectivity index (χ0n) is 49.8. The summed E-state index contributed by atoms with van der Waals surface area (Å²) in [7, 11) is 0. The van der Waals surface area contributed by atoms with Gasteiger partial charge in [0.2, 0.25) is 36.2 Å². The summed E-state index contributed by atoms with van der Waals surface area (Å²) in [4.78, 5) is 71.6. The van der Waals surface area contributed by atoms with Crippen LogP contribution in [0.5, 0.6) is 5.75 Å². The molecule has 5 aliphatic heterocycles. The molecule has 6 heterocycles. The van der Waals surface area contributed by atoms with Gasteiger partial charge in [-0.3, -0.25) is 34.8 Å². The van der Waals surface area contributed by atoms with Crippen LogP contribution in [-0.2, 0) is 60.7 Å². The number of hydrogen-bond donors (Lipinski definition) is 23. The molecule has 513 valence electrons. The number of aliphatic hydroxyl groups excluding tert-OH is 13. The van der Waals surface area contributed by atoms with Gasteiger partial charge in [0.1, 0.15) is 115 Å². The molecule has 0 aliphatic carbocycles. The molecule has 25 atom stereocenters.